The van der Waals surface area contributed by atoms with Gasteiger partial charge in [0.1, 0.15) is 11.5 Å². The summed E-state index contributed by atoms with van der Waals surface area (Å²) >= 11 is 0. The van der Waals surface area contributed by atoms with Gasteiger partial charge < -0.3 is 20.5 Å². The van der Waals surface area contributed by atoms with E-state index in [1.807, 2.05) is 54.6 Å². The van der Waals surface area contributed by atoms with E-state index >= 15 is 0 Å². The molecule has 25 heavy (non-hydrogen) atoms. The number of nitrogens with two attached hydrogens (primary N) is 1. The molecule has 0 spiro atoms. The fraction of sp³-hybridized carbons (Fsp3) is 0.0500. The molecule has 0 unspecified atom stereocenters. The van der Waals surface area contributed by atoms with Crippen molar-refractivity contribution < 1.29 is 14.3 Å². The van der Waals surface area contributed by atoms with Crippen molar-refractivity contribution in [3.63, 3.8) is 0 Å². The van der Waals surface area contributed by atoms with E-state index < -0.39 is 5.97 Å². The summed E-state index contributed by atoms with van der Waals surface area (Å²) in [6.45, 7) is 0. The number of hydrogen-bond acceptors (Lipinski definition) is 5. The third kappa shape index (κ3) is 4.09. The fourth-order valence-corrected chi connectivity index (χ4v) is 2.34. The average molecular weight is 334 g/mol. The summed E-state index contributed by atoms with van der Waals surface area (Å²) in [6, 6.07) is 22.1. The van der Waals surface area contributed by atoms with Crippen molar-refractivity contribution in [3.05, 3.63) is 78.4 Å². The van der Waals surface area contributed by atoms with Gasteiger partial charge in [-0.15, -0.1) is 0 Å². The minimum absolute atomic E-state index is 0.382. The highest BCUT2D eigenvalue weighted by Crippen LogP contribution is 2.27. The Balaban J connectivity index is 1.77. The lowest BCUT2D eigenvalue weighted by Gasteiger charge is -2.12. The summed E-state index contributed by atoms with van der Waals surface area (Å²) in [4.78, 5) is 11.9. The SMILES string of the molecule is COC(=O)c1cc(N)ccc1Nc1ccc(Oc2ccccc2)cc1. The second kappa shape index (κ2) is 7.40. The number of methoxy groups -OCH3 is 1. The topological polar surface area (TPSA) is 73.6 Å². The summed E-state index contributed by atoms with van der Waals surface area (Å²) in [5, 5.41) is 3.19. The molecule has 0 saturated carbocycles. The van der Waals surface area contributed by atoms with E-state index in [-0.39, 0.29) is 0 Å². The summed E-state index contributed by atoms with van der Waals surface area (Å²) < 4.78 is 10.6. The van der Waals surface area contributed by atoms with E-state index in [4.69, 9.17) is 15.2 Å². The van der Waals surface area contributed by atoms with Crippen LogP contribution in [0.25, 0.3) is 0 Å². The highest BCUT2D eigenvalue weighted by Gasteiger charge is 2.12. The van der Waals surface area contributed by atoms with Gasteiger partial charge in [0, 0.05) is 11.4 Å². The number of benzene rings is 3. The van der Waals surface area contributed by atoms with Gasteiger partial charge in [-0.25, -0.2) is 4.79 Å². The molecule has 126 valence electrons. The molecule has 5 heteroatoms. The van der Waals surface area contributed by atoms with Crippen LogP contribution < -0.4 is 15.8 Å². The molecule has 3 N–H and O–H groups in total. The molecule has 0 amide bonds. The van der Waals surface area contributed by atoms with E-state index in [0.29, 0.717) is 16.9 Å². The molecule has 0 aromatic heterocycles. The van der Waals surface area contributed by atoms with Gasteiger partial charge in [0.05, 0.1) is 18.4 Å². The van der Waals surface area contributed by atoms with E-state index in [0.717, 1.165) is 17.2 Å². The minimum Gasteiger partial charge on any atom is -0.465 e. The van der Waals surface area contributed by atoms with Crippen molar-refractivity contribution >= 4 is 23.0 Å². The summed E-state index contributed by atoms with van der Waals surface area (Å²) in [5.41, 5.74) is 8.07. The molecule has 0 radical (unpaired) electrons. The van der Waals surface area contributed by atoms with Gasteiger partial charge in [-0.3, -0.25) is 0 Å². The van der Waals surface area contributed by atoms with Crippen molar-refractivity contribution in [2.45, 2.75) is 0 Å². The van der Waals surface area contributed by atoms with Gasteiger partial charge in [-0.05, 0) is 54.6 Å². The first-order valence-corrected chi connectivity index (χ1v) is 7.73. The first-order chi connectivity index (χ1) is 12.2. The molecule has 0 saturated heterocycles. The van der Waals surface area contributed by atoms with Crippen LogP contribution in [0.1, 0.15) is 10.4 Å². The standard InChI is InChI=1S/C20H18N2O3/c1-24-20(23)18-13-14(21)7-12-19(18)22-15-8-10-17(11-9-15)25-16-5-3-2-4-6-16/h2-13,22H,21H2,1H3. The van der Waals surface area contributed by atoms with Crippen molar-refractivity contribution in [1.29, 1.82) is 0 Å². The molecule has 0 aliphatic heterocycles. The number of hydrogen-bond donors (Lipinski definition) is 2. The third-order valence-electron chi connectivity index (χ3n) is 3.56. The Morgan fingerprint density at radius 2 is 1.60 bits per heavy atom. The molecule has 5 nitrogen and oxygen atoms in total. The lowest BCUT2D eigenvalue weighted by molar-refractivity contribution is 0.0602. The second-order valence-electron chi connectivity index (χ2n) is 5.36. The lowest BCUT2D eigenvalue weighted by Crippen LogP contribution is -2.06. The highest BCUT2D eigenvalue weighted by molar-refractivity contribution is 5.97. The van der Waals surface area contributed by atoms with Crippen LogP contribution in [-0.2, 0) is 4.74 Å². The number of ether oxygens (including phenoxy) is 2. The Kier molecular flexibility index (Phi) is 4.85. The van der Waals surface area contributed by atoms with Crippen LogP contribution in [0.2, 0.25) is 0 Å². The van der Waals surface area contributed by atoms with Crippen LogP contribution in [0.15, 0.2) is 72.8 Å². The molecular weight excluding hydrogens is 316 g/mol. The van der Waals surface area contributed by atoms with Crippen molar-refractivity contribution in [2.24, 2.45) is 0 Å². The van der Waals surface area contributed by atoms with Crippen LogP contribution in [-0.4, -0.2) is 13.1 Å². The van der Waals surface area contributed by atoms with Crippen LogP contribution in [0.4, 0.5) is 17.1 Å². The fourth-order valence-electron chi connectivity index (χ4n) is 2.34. The molecule has 3 aromatic rings. The van der Waals surface area contributed by atoms with Gasteiger partial charge in [-0.1, -0.05) is 18.2 Å². The van der Waals surface area contributed by atoms with Gasteiger partial charge in [-0.2, -0.15) is 0 Å². The maximum absolute atomic E-state index is 11.9. The smallest absolute Gasteiger partial charge is 0.340 e. The maximum atomic E-state index is 11.9. The average Bonchev–Trinajstić information content (AvgIpc) is 2.65. The van der Waals surface area contributed by atoms with Gasteiger partial charge in [0.25, 0.3) is 0 Å². The minimum atomic E-state index is -0.446. The number of nitrogens with one attached hydrogen (secondary N) is 1. The molecule has 0 bridgehead atoms. The molecular formula is C20H18N2O3. The Hall–Kier alpha value is -3.47. The Morgan fingerprint density at radius 1 is 0.920 bits per heavy atom. The molecule has 0 atom stereocenters. The first-order valence-electron chi connectivity index (χ1n) is 7.73. The quantitative estimate of drug-likeness (QED) is 0.527. The number of para-hydroxylation sites is 1. The predicted molar refractivity (Wildman–Crippen MR) is 98.4 cm³/mol. The summed E-state index contributed by atoms with van der Waals surface area (Å²) in [7, 11) is 1.34. The molecule has 3 aromatic carbocycles. The number of rotatable bonds is 5. The largest absolute Gasteiger partial charge is 0.465 e. The van der Waals surface area contributed by atoms with Crippen LogP contribution in [0.5, 0.6) is 11.5 Å². The van der Waals surface area contributed by atoms with E-state index in [2.05, 4.69) is 5.32 Å². The zero-order chi connectivity index (χ0) is 17.6. The van der Waals surface area contributed by atoms with Crippen LogP contribution in [0.3, 0.4) is 0 Å². The van der Waals surface area contributed by atoms with Gasteiger partial charge in [0.2, 0.25) is 0 Å². The van der Waals surface area contributed by atoms with E-state index in [1.165, 1.54) is 7.11 Å². The van der Waals surface area contributed by atoms with Crippen molar-refractivity contribution in [1.82, 2.24) is 0 Å². The van der Waals surface area contributed by atoms with Gasteiger partial charge in [0.15, 0.2) is 0 Å². The zero-order valence-corrected chi connectivity index (χ0v) is 13.7. The number of nitrogen functional groups attached to an aromatic ring is 1. The Bertz CT molecular complexity index is 862. The lowest BCUT2D eigenvalue weighted by atomic mass is 10.1. The van der Waals surface area contributed by atoms with Crippen molar-refractivity contribution in [3.8, 4) is 11.5 Å². The maximum Gasteiger partial charge on any atom is 0.340 e. The molecule has 3 rings (SSSR count). The highest BCUT2D eigenvalue weighted by atomic mass is 16.5. The van der Waals surface area contributed by atoms with E-state index in [1.54, 1.807) is 18.2 Å². The number of carbonyl (C=O) groups is 1. The summed E-state index contributed by atoms with van der Waals surface area (Å²) in [5.74, 6) is 1.05. The Labute approximate surface area is 146 Å². The number of carbonyl (C=O) groups excluding carboxylic acids is 1. The van der Waals surface area contributed by atoms with Crippen molar-refractivity contribution in [2.75, 3.05) is 18.2 Å². The summed E-state index contributed by atoms with van der Waals surface area (Å²) in [6.07, 6.45) is 0. The third-order valence-corrected chi connectivity index (χ3v) is 3.56. The zero-order valence-electron chi connectivity index (χ0n) is 13.7. The monoisotopic (exact) mass is 334 g/mol. The van der Waals surface area contributed by atoms with Crippen LogP contribution >= 0.6 is 0 Å². The Morgan fingerprint density at radius 3 is 2.28 bits per heavy atom. The molecule has 0 aliphatic carbocycles. The number of anilines is 3. The second-order valence-corrected chi connectivity index (χ2v) is 5.36. The number of esters is 1. The van der Waals surface area contributed by atoms with Crippen LogP contribution in [0, 0.1) is 0 Å². The molecule has 0 fully saturated rings. The normalized spacial score (nSPS) is 10.1. The molecule has 0 aliphatic rings. The molecule has 0 heterocycles. The first kappa shape index (κ1) is 16.4. The van der Waals surface area contributed by atoms with Gasteiger partial charge >= 0.3 is 5.97 Å². The predicted octanol–water partition coefficient (Wildman–Crippen LogP) is 4.59. The van der Waals surface area contributed by atoms with E-state index in [9.17, 15) is 4.79 Å².